The maximum atomic E-state index is 5.79. The summed E-state index contributed by atoms with van der Waals surface area (Å²) in [6.45, 7) is 7.82. The SMILES string of the molecule is CCCCN1CC[C@@H]2NCCO[C@H]2C1. The minimum absolute atomic E-state index is 0.453. The zero-order valence-electron chi connectivity index (χ0n) is 9.17. The predicted molar refractivity (Wildman–Crippen MR) is 57.5 cm³/mol. The third-order valence-corrected chi connectivity index (χ3v) is 3.31. The molecule has 0 aliphatic carbocycles. The van der Waals surface area contributed by atoms with Gasteiger partial charge in [-0.05, 0) is 25.9 Å². The van der Waals surface area contributed by atoms with Gasteiger partial charge in [-0.3, -0.25) is 0 Å². The molecular formula is C11H22N2O. The Morgan fingerprint density at radius 3 is 3.29 bits per heavy atom. The van der Waals surface area contributed by atoms with Gasteiger partial charge in [0.05, 0.1) is 12.7 Å². The third kappa shape index (κ3) is 2.47. The molecule has 0 bridgehead atoms. The Kier molecular flexibility index (Phi) is 3.79. The van der Waals surface area contributed by atoms with Gasteiger partial charge in [0.25, 0.3) is 0 Å². The van der Waals surface area contributed by atoms with Gasteiger partial charge in [-0.2, -0.15) is 0 Å². The minimum Gasteiger partial charge on any atom is -0.374 e. The molecular weight excluding hydrogens is 176 g/mol. The van der Waals surface area contributed by atoms with E-state index in [1.807, 2.05) is 0 Å². The molecule has 2 aliphatic rings. The van der Waals surface area contributed by atoms with Crippen molar-refractivity contribution in [2.24, 2.45) is 0 Å². The van der Waals surface area contributed by atoms with Crippen LogP contribution in [0.1, 0.15) is 26.2 Å². The quantitative estimate of drug-likeness (QED) is 0.727. The average Bonchev–Trinajstić information content (AvgIpc) is 2.26. The van der Waals surface area contributed by atoms with Gasteiger partial charge < -0.3 is 15.0 Å². The summed E-state index contributed by atoms with van der Waals surface area (Å²) in [4.78, 5) is 2.55. The van der Waals surface area contributed by atoms with Gasteiger partial charge in [-0.15, -0.1) is 0 Å². The molecule has 3 nitrogen and oxygen atoms in total. The van der Waals surface area contributed by atoms with E-state index in [1.54, 1.807) is 0 Å². The second-order valence-corrected chi connectivity index (χ2v) is 4.41. The normalized spacial score (nSPS) is 34.1. The van der Waals surface area contributed by atoms with Crippen molar-refractivity contribution < 1.29 is 4.74 Å². The van der Waals surface area contributed by atoms with E-state index < -0.39 is 0 Å². The Morgan fingerprint density at radius 1 is 1.50 bits per heavy atom. The van der Waals surface area contributed by atoms with Gasteiger partial charge >= 0.3 is 0 Å². The Bertz CT molecular complexity index is 175. The molecule has 0 amide bonds. The Labute approximate surface area is 86.8 Å². The van der Waals surface area contributed by atoms with Crippen LogP contribution >= 0.6 is 0 Å². The van der Waals surface area contributed by atoms with Gasteiger partial charge in [0.15, 0.2) is 0 Å². The minimum atomic E-state index is 0.453. The first-order valence-corrected chi connectivity index (χ1v) is 5.97. The predicted octanol–water partition coefficient (Wildman–Crippen LogP) is 0.849. The van der Waals surface area contributed by atoms with E-state index in [9.17, 15) is 0 Å². The molecule has 0 unspecified atom stereocenters. The lowest BCUT2D eigenvalue weighted by atomic mass is 10.0. The molecule has 2 aliphatic heterocycles. The molecule has 0 aromatic carbocycles. The number of ether oxygens (including phenoxy) is 1. The van der Waals surface area contributed by atoms with Crippen LogP contribution in [0.2, 0.25) is 0 Å². The Morgan fingerprint density at radius 2 is 2.43 bits per heavy atom. The van der Waals surface area contributed by atoms with Crippen molar-refractivity contribution in [1.82, 2.24) is 10.2 Å². The number of hydrogen-bond acceptors (Lipinski definition) is 3. The number of likely N-dealkylation sites (tertiary alicyclic amines) is 1. The number of piperidine rings is 1. The fraction of sp³-hybridized carbons (Fsp3) is 1.00. The van der Waals surface area contributed by atoms with Crippen LogP contribution in [0.5, 0.6) is 0 Å². The van der Waals surface area contributed by atoms with E-state index in [0.717, 1.165) is 19.7 Å². The van der Waals surface area contributed by atoms with E-state index in [4.69, 9.17) is 4.74 Å². The van der Waals surface area contributed by atoms with Crippen LogP contribution in [0.15, 0.2) is 0 Å². The molecule has 14 heavy (non-hydrogen) atoms. The zero-order chi connectivity index (χ0) is 9.80. The second kappa shape index (κ2) is 5.10. The summed E-state index contributed by atoms with van der Waals surface area (Å²) in [5.74, 6) is 0. The highest BCUT2D eigenvalue weighted by Gasteiger charge is 2.31. The maximum Gasteiger partial charge on any atom is 0.0855 e. The molecule has 2 atom stereocenters. The summed E-state index contributed by atoms with van der Waals surface area (Å²) in [7, 11) is 0. The van der Waals surface area contributed by atoms with Gasteiger partial charge in [0.1, 0.15) is 0 Å². The summed E-state index contributed by atoms with van der Waals surface area (Å²) in [5.41, 5.74) is 0. The van der Waals surface area contributed by atoms with Crippen molar-refractivity contribution in [3.8, 4) is 0 Å². The van der Waals surface area contributed by atoms with Crippen LogP contribution in [0.25, 0.3) is 0 Å². The zero-order valence-corrected chi connectivity index (χ0v) is 9.17. The molecule has 0 spiro atoms. The lowest BCUT2D eigenvalue weighted by Crippen LogP contribution is -2.57. The van der Waals surface area contributed by atoms with Crippen LogP contribution in [0.3, 0.4) is 0 Å². The van der Waals surface area contributed by atoms with Crippen LogP contribution in [-0.2, 0) is 4.74 Å². The number of nitrogens with zero attached hydrogens (tertiary/aromatic N) is 1. The molecule has 2 saturated heterocycles. The van der Waals surface area contributed by atoms with Crippen LogP contribution in [0, 0.1) is 0 Å². The molecule has 82 valence electrons. The number of unbranched alkanes of at least 4 members (excludes halogenated alkanes) is 1. The van der Waals surface area contributed by atoms with Gasteiger partial charge in [-0.1, -0.05) is 13.3 Å². The average molecular weight is 198 g/mol. The van der Waals surface area contributed by atoms with Gasteiger partial charge in [0.2, 0.25) is 0 Å². The first-order valence-electron chi connectivity index (χ1n) is 5.97. The summed E-state index contributed by atoms with van der Waals surface area (Å²) >= 11 is 0. The molecule has 0 aromatic heterocycles. The number of fused-ring (bicyclic) bond motifs is 1. The highest BCUT2D eigenvalue weighted by Crippen LogP contribution is 2.16. The van der Waals surface area contributed by atoms with E-state index in [2.05, 4.69) is 17.1 Å². The fourth-order valence-electron chi connectivity index (χ4n) is 2.42. The van der Waals surface area contributed by atoms with Crippen molar-refractivity contribution in [2.45, 2.75) is 38.3 Å². The molecule has 0 saturated carbocycles. The van der Waals surface area contributed by atoms with E-state index in [1.165, 1.54) is 32.4 Å². The number of hydrogen-bond donors (Lipinski definition) is 1. The second-order valence-electron chi connectivity index (χ2n) is 4.41. The molecule has 0 aromatic rings. The van der Waals surface area contributed by atoms with E-state index in [-0.39, 0.29) is 0 Å². The van der Waals surface area contributed by atoms with Gasteiger partial charge in [0, 0.05) is 19.1 Å². The Balaban J connectivity index is 1.77. The largest absolute Gasteiger partial charge is 0.374 e. The molecule has 2 fully saturated rings. The summed E-state index contributed by atoms with van der Waals surface area (Å²) < 4.78 is 5.79. The number of nitrogens with one attached hydrogen (secondary N) is 1. The van der Waals surface area contributed by atoms with Crippen molar-refractivity contribution in [1.29, 1.82) is 0 Å². The van der Waals surface area contributed by atoms with Crippen LogP contribution in [0.4, 0.5) is 0 Å². The highest BCUT2D eigenvalue weighted by atomic mass is 16.5. The van der Waals surface area contributed by atoms with E-state index in [0.29, 0.717) is 12.1 Å². The molecule has 1 N–H and O–H groups in total. The van der Waals surface area contributed by atoms with Crippen LogP contribution in [-0.4, -0.2) is 49.8 Å². The smallest absolute Gasteiger partial charge is 0.0855 e. The van der Waals surface area contributed by atoms with Crippen molar-refractivity contribution in [3.63, 3.8) is 0 Å². The number of rotatable bonds is 3. The Hall–Kier alpha value is -0.120. The molecule has 2 heterocycles. The van der Waals surface area contributed by atoms with Gasteiger partial charge in [-0.25, -0.2) is 0 Å². The summed E-state index contributed by atoms with van der Waals surface area (Å²) in [6, 6.07) is 0.627. The topological polar surface area (TPSA) is 24.5 Å². The molecule has 0 radical (unpaired) electrons. The fourth-order valence-corrected chi connectivity index (χ4v) is 2.42. The standard InChI is InChI=1S/C11H22N2O/c1-2-3-6-13-7-4-10-11(9-13)14-8-5-12-10/h10-12H,2-9H2,1H3/t10-,11-/m0/s1. The first kappa shape index (κ1) is 10.4. The van der Waals surface area contributed by atoms with Crippen molar-refractivity contribution in [2.75, 3.05) is 32.8 Å². The molecule has 2 rings (SSSR count). The first-order chi connectivity index (χ1) is 6.90. The van der Waals surface area contributed by atoms with Crippen LogP contribution < -0.4 is 5.32 Å². The monoisotopic (exact) mass is 198 g/mol. The van der Waals surface area contributed by atoms with E-state index >= 15 is 0 Å². The lowest BCUT2D eigenvalue weighted by Gasteiger charge is -2.41. The summed E-state index contributed by atoms with van der Waals surface area (Å²) in [6.07, 6.45) is 4.33. The highest BCUT2D eigenvalue weighted by molar-refractivity contribution is 4.88. The third-order valence-electron chi connectivity index (χ3n) is 3.31. The maximum absolute atomic E-state index is 5.79. The molecule has 3 heteroatoms. The lowest BCUT2D eigenvalue weighted by molar-refractivity contribution is -0.0472. The van der Waals surface area contributed by atoms with Crippen molar-refractivity contribution in [3.05, 3.63) is 0 Å². The van der Waals surface area contributed by atoms with Crippen molar-refractivity contribution >= 4 is 0 Å². The summed E-state index contributed by atoms with van der Waals surface area (Å²) in [5, 5.41) is 3.55. The number of morpholine rings is 1.